The van der Waals surface area contributed by atoms with Crippen molar-refractivity contribution in [3.05, 3.63) is 16.0 Å². The summed E-state index contributed by atoms with van der Waals surface area (Å²) in [6.45, 7) is 6.75. The Kier molecular flexibility index (Phi) is 7.42. The molecule has 0 aliphatic heterocycles. The second-order valence-corrected chi connectivity index (χ2v) is 8.10. The Morgan fingerprint density at radius 3 is 1.90 bits per heavy atom. The molecule has 0 unspecified atom stereocenters. The number of hydrogen-bond acceptors (Lipinski definition) is 6. The van der Waals surface area contributed by atoms with Crippen LogP contribution >= 0.6 is 11.3 Å². The third kappa shape index (κ3) is 5.46. The highest BCUT2D eigenvalue weighted by Gasteiger charge is 2.76. The summed E-state index contributed by atoms with van der Waals surface area (Å²) < 4.78 is 100. The van der Waals surface area contributed by atoms with Crippen molar-refractivity contribution in [1.82, 2.24) is 0 Å². The fraction of sp³-hybridized carbons (Fsp3) is 0.588. The van der Waals surface area contributed by atoms with Gasteiger partial charge in [-0.1, -0.05) is 0 Å². The van der Waals surface area contributed by atoms with Crippen LogP contribution in [0.2, 0.25) is 0 Å². The Labute approximate surface area is 175 Å². The molecule has 176 valence electrons. The number of nitrogens with one attached hydrogen (secondary N) is 1. The molecule has 0 bridgehead atoms. The molecule has 0 aromatic carbocycles. The summed E-state index contributed by atoms with van der Waals surface area (Å²) in [5, 5.41) is 0.313. The van der Waals surface area contributed by atoms with Gasteiger partial charge in [0.15, 0.2) is 0 Å². The Morgan fingerprint density at radius 2 is 1.48 bits per heavy atom. The van der Waals surface area contributed by atoms with Crippen molar-refractivity contribution < 1.29 is 54.6 Å². The monoisotopic (exact) mass is 481 g/mol. The summed E-state index contributed by atoms with van der Waals surface area (Å²) in [6, 6.07) is 0. The van der Waals surface area contributed by atoms with Gasteiger partial charge >= 0.3 is 35.9 Å². The van der Waals surface area contributed by atoms with Crippen molar-refractivity contribution in [2.24, 2.45) is 0 Å². The minimum atomic E-state index is -6.73. The Bertz CT molecular complexity index is 871. The molecule has 0 aliphatic carbocycles. The number of halogens is 7. The van der Waals surface area contributed by atoms with Crippen LogP contribution in [0.25, 0.3) is 0 Å². The molecule has 0 atom stereocenters. The lowest BCUT2D eigenvalue weighted by molar-refractivity contribution is -0.343. The average molecular weight is 481 g/mol. The molecule has 1 rings (SSSR count). The standard InChI is InChI=1S/C17H18F7NO5S/c1-6-29-11(26)8-7(2)9(12(27)30-14(3,4)5)31-10(8)25-13(28)15(18,19)16(20,21)17(22,23)24/h6H2,1-5H3,(H,25,28). The smallest absolute Gasteiger partial charge is 0.460 e. The molecule has 6 nitrogen and oxygen atoms in total. The zero-order valence-electron chi connectivity index (χ0n) is 16.8. The molecule has 0 aliphatic rings. The second-order valence-electron chi connectivity index (χ2n) is 7.08. The molecule has 0 saturated carbocycles. The minimum absolute atomic E-state index is 0.185. The first kappa shape index (κ1) is 26.7. The summed E-state index contributed by atoms with van der Waals surface area (Å²) >= 11 is 0.185. The van der Waals surface area contributed by atoms with E-state index in [2.05, 4.69) is 4.74 Å². The van der Waals surface area contributed by atoms with Crippen LogP contribution in [-0.2, 0) is 14.3 Å². The topological polar surface area (TPSA) is 81.7 Å². The number of hydrogen-bond donors (Lipinski definition) is 1. The van der Waals surface area contributed by atoms with Crippen molar-refractivity contribution in [2.45, 2.75) is 58.2 Å². The highest BCUT2D eigenvalue weighted by molar-refractivity contribution is 7.18. The third-order valence-electron chi connectivity index (χ3n) is 3.47. The maximum Gasteiger partial charge on any atom is 0.460 e. The first-order chi connectivity index (χ1) is 13.8. The molecule has 1 aromatic heterocycles. The van der Waals surface area contributed by atoms with E-state index in [0.717, 1.165) is 6.92 Å². The van der Waals surface area contributed by atoms with E-state index >= 15 is 0 Å². The maximum atomic E-state index is 13.7. The molecule has 1 heterocycles. The summed E-state index contributed by atoms with van der Waals surface area (Å²) in [4.78, 5) is 35.8. The average Bonchev–Trinajstić information content (AvgIpc) is 2.88. The minimum Gasteiger partial charge on any atom is -0.462 e. The molecule has 0 fully saturated rings. The zero-order valence-corrected chi connectivity index (χ0v) is 17.6. The van der Waals surface area contributed by atoms with Crippen LogP contribution in [-0.4, -0.2) is 48.1 Å². The first-order valence-electron chi connectivity index (χ1n) is 8.45. The van der Waals surface area contributed by atoms with Gasteiger partial charge in [0, 0.05) is 0 Å². The number of esters is 2. The lowest BCUT2D eigenvalue weighted by Gasteiger charge is -2.26. The van der Waals surface area contributed by atoms with Crippen molar-refractivity contribution in [1.29, 1.82) is 0 Å². The number of thiophene rings is 1. The largest absolute Gasteiger partial charge is 0.462 e. The lowest BCUT2D eigenvalue weighted by Crippen LogP contribution is -2.57. The molecular weight excluding hydrogens is 463 g/mol. The van der Waals surface area contributed by atoms with E-state index in [-0.39, 0.29) is 28.4 Å². The van der Waals surface area contributed by atoms with Crippen molar-refractivity contribution >= 4 is 34.2 Å². The Hall–Kier alpha value is -2.38. The molecular formula is C17H18F7NO5S. The van der Waals surface area contributed by atoms with Gasteiger partial charge in [0.2, 0.25) is 0 Å². The zero-order chi connectivity index (χ0) is 24.6. The molecule has 14 heteroatoms. The molecule has 0 spiro atoms. The van der Waals surface area contributed by atoms with Crippen LogP contribution in [0.4, 0.5) is 35.7 Å². The van der Waals surface area contributed by atoms with Crippen LogP contribution in [0.5, 0.6) is 0 Å². The normalized spacial score (nSPS) is 13.0. The lowest BCUT2D eigenvalue weighted by atomic mass is 10.1. The van der Waals surface area contributed by atoms with E-state index in [9.17, 15) is 45.1 Å². The van der Waals surface area contributed by atoms with E-state index in [1.807, 2.05) is 0 Å². The second kappa shape index (κ2) is 8.63. The predicted octanol–water partition coefficient (Wildman–Crippen LogP) is 4.96. The van der Waals surface area contributed by atoms with Gasteiger partial charge in [0.25, 0.3) is 0 Å². The van der Waals surface area contributed by atoms with Gasteiger partial charge < -0.3 is 14.8 Å². The molecule has 0 radical (unpaired) electrons. The van der Waals surface area contributed by atoms with Crippen LogP contribution in [0, 0.1) is 6.92 Å². The molecule has 1 amide bonds. The number of anilines is 1. The highest BCUT2D eigenvalue weighted by atomic mass is 32.1. The predicted molar refractivity (Wildman–Crippen MR) is 94.8 cm³/mol. The summed E-state index contributed by atoms with van der Waals surface area (Å²) in [6.07, 6.45) is -6.73. The summed E-state index contributed by atoms with van der Waals surface area (Å²) in [5.41, 5.74) is -1.89. The number of alkyl halides is 7. The molecule has 0 saturated heterocycles. The van der Waals surface area contributed by atoms with Gasteiger partial charge in [-0.25, -0.2) is 9.59 Å². The molecule has 1 aromatic rings. The van der Waals surface area contributed by atoms with Crippen molar-refractivity contribution in [3.63, 3.8) is 0 Å². The van der Waals surface area contributed by atoms with Crippen LogP contribution in [0.1, 0.15) is 53.3 Å². The molecule has 31 heavy (non-hydrogen) atoms. The van der Waals surface area contributed by atoms with E-state index < -0.39 is 52.0 Å². The Morgan fingerprint density at radius 1 is 0.968 bits per heavy atom. The van der Waals surface area contributed by atoms with Gasteiger partial charge in [0.1, 0.15) is 15.5 Å². The summed E-state index contributed by atoms with van der Waals surface area (Å²) in [7, 11) is 0. The number of ether oxygens (including phenoxy) is 2. The first-order valence-corrected chi connectivity index (χ1v) is 9.27. The SMILES string of the molecule is CCOC(=O)c1c(NC(=O)C(F)(F)C(F)(F)C(F)(F)F)sc(C(=O)OC(C)(C)C)c1C. The Balaban J connectivity index is 3.47. The van der Waals surface area contributed by atoms with E-state index in [1.165, 1.54) is 33.0 Å². The van der Waals surface area contributed by atoms with Crippen LogP contribution in [0.15, 0.2) is 0 Å². The maximum absolute atomic E-state index is 13.7. The number of amides is 1. The quantitative estimate of drug-likeness (QED) is 0.459. The van der Waals surface area contributed by atoms with Gasteiger partial charge in [-0.2, -0.15) is 30.7 Å². The van der Waals surface area contributed by atoms with Gasteiger partial charge in [-0.3, -0.25) is 4.79 Å². The van der Waals surface area contributed by atoms with Gasteiger partial charge in [-0.05, 0) is 40.2 Å². The number of carbonyl (C=O) groups is 3. The number of carbonyl (C=O) groups excluding carboxylic acids is 3. The van der Waals surface area contributed by atoms with Crippen LogP contribution in [0.3, 0.4) is 0 Å². The van der Waals surface area contributed by atoms with Crippen molar-refractivity contribution in [2.75, 3.05) is 11.9 Å². The summed E-state index contributed by atoms with van der Waals surface area (Å²) in [5.74, 6) is -18.2. The van der Waals surface area contributed by atoms with E-state index in [4.69, 9.17) is 4.74 Å². The van der Waals surface area contributed by atoms with Crippen molar-refractivity contribution in [3.8, 4) is 0 Å². The fourth-order valence-electron chi connectivity index (χ4n) is 2.07. The van der Waals surface area contributed by atoms with Gasteiger partial charge in [0.05, 0.1) is 12.2 Å². The van der Waals surface area contributed by atoms with Gasteiger partial charge in [-0.15, -0.1) is 11.3 Å². The number of rotatable bonds is 6. The third-order valence-corrected chi connectivity index (χ3v) is 4.66. The fourth-order valence-corrected chi connectivity index (χ4v) is 3.14. The molecule has 1 N–H and O–H groups in total. The van der Waals surface area contributed by atoms with Crippen LogP contribution < -0.4 is 5.32 Å². The van der Waals surface area contributed by atoms with E-state index in [0.29, 0.717) is 0 Å². The highest BCUT2D eigenvalue weighted by Crippen LogP contribution is 2.47. The van der Waals surface area contributed by atoms with E-state index in [1.54, 1.807) is 0 Å².